The van der Waals surface area contributed by atoms with E-state index in [4.69, 9.17) is 14.2 Å². The summed E-state index contributed by atoms with van der Waals surface area (Å²) in [6.45, 7) is 5.67. The van der Waals surface area contributed by atoms with Crippen molar-refractivity contribution in [2.45, 2.75) is 40.0 Å². The monoisotopic (exact) mass is 380 g/mol. The van der Waals surface area contributed by atoms with Crippen molar-refractivity contribution < 1.29 is 38.5 Å². The molecule has 0 radical (unpaired) electrons. The molecule has 1 N–H and O–H groups in total. The van der Waals surface area contributed by atoms with Crippen LogP contribution in [-0.2, 0) is 14.2 Å². The predicted octanol–water partition coefficient (Wildman–Crippen LogP) is 3.09. The number of hydrogen-bond donors (Lipinski definition) is 1. The minimum Gasteiger partial charge on any atom is -0.478 e. The highest BCUT2D eigenvalue weighted by molar-refractivity contribution is 6.10. The Morgan fingerprint density at radius 3 is 1.26 bits per heavy atom. The highest BCUT2D eigenvalue weighted by atomic mass is 16.5. The van der Waals surface area contributed by atoms with Crippen LogP contribution in [0.3, 0.4) is 0 Å². The molecule has 1 aromatic carbocycles. The molecule has 1 aromatic rings. The Bertz CT molecular complexity index is 708. The summed E-state index contributed by atoms with van der Waals surface area (Å²) in [5.41, 5.74) is -1.29. The van der Waals surface area contributed by atoms with Gasteiger partial charge in [0.25, 0.3) is 0 Å². The Morgan fingerprint density at radius 2 is 0.963 bits per heavy atom. The first-order valence-corrected chi connectivity index (χ1v) is 8.79. The first-order chi connectivity index (χ1) is 12.9. The van der Waals surface area contributed by atoms with Crippen molar-refractivity contribution in [2.24, 2.45) is 0 Å². The SMILES string of the molecule is CCCOC(=O)c1cc(C(=O)OCCC)c(C(=O)OCCC)cc1C(=O)O. The van der Waals surface area contributed by atoms with E-state index in [0.29, 0.717) is 19.3 Å². The number of carbonyl (C=O) groups excluding carboxylic acids is 3. The summed E-state index contributed by atoms with van der Waals surface area (Å²) in [6, 6.07) is 1.97. The van der Waals surface area contributed by atoms with Crippen LogP contribution in [0.4, 0.5) is 0 Å². The molecule has 0 unspecified atom stereocenters. The van der Waals surface area contributed by atoms with Crippen molar-refractivity contribution in [3.05, 3.63) is 34.4 Å². The molecular weight excluding hydrogens is 356 g/mol. The number of ether oxygens (including phenoxy) is 3. The van der Waals surface area contributed by atoms with Crippen LogP contribution in [0.5, 0.6) is 0 Å². The topological polar surface area (TPSA) is 116 Å². The third kappa shape index (κ3) is 6.09. The molecule has 0 aromatic heterocycles. The lowest BCUT2D eigenvalue weighted by Crippen LogP contribution is -2.20. The lowest BCUT2D eigenvalue weighted by Gasteiger charge is -2.13. The highest BCUT2D eigenvalue weighted by Crippen LogP contribution is 2.21. The largest absolute Gasteiger partial charge is 0.478 e. The van der Waals surface area contributed by atoms with Gasteiger partial charge in [-0.15, -0.1) is 0 Å². The molecule has 0 amide bonds. The molecule has 27 heavy (non-hydrogen) atoms. The molecule has 8 nitrogen and oxygen atoms in total. The van der Waals surface area contributed by atoms with Gasteiger partial charge < -0.3 is 19.3 Å². The van der Waals surface area contributed by atoms with Gasteiger partial charge in [0.15, 0.2) is 0 Å². The second-order valence-corrected chi connectivity index (χ2v) is 5.66. The van der Waals surface area contributed by atoms with E-state index in [2.05, 4.69) is 0 Å². The molecule has 8 heteroatoms. The number of carboxylic acids is 1. The van der Waals surface area contributed by atoms with E-state index in [-0.39, 0.29) is 36.5 Å². The van der Waals surface area contributed by atoms with Crippen LogP contribution in [0.2, 0.25) is 0 Å². The first kappa shape index (κ1) is 22.1. The van der Waals surface area contributed by atoms with E-state index in [1.165, 1.54) is 0 Å². The van der Waals surface area contributed by atoms with Crippen molar-refractivity contribution in [1.82, 2.24) is 0 Å². The van der Waals surface area contributed by atoms with Crippen LogP contribution in [0.1, 0.15) is 81.5 Å². The molecular formula is C19H24O8. The summed E-state index contributed by atoms with van der Waals surface area (Å²) in [5.74, 6) is -4.04. The first-order valence-electron chi connectivity index (χ1n) is 8.79. The van der Waals surface area contributed by atoms with Gasteiger partial charge in [-0.25, -0.2) is 19.2 Å². The average molecular weight is 380 g/mol. The van der Waals surface area contributed by atoms with Crippen molar-refractivity contribution in [3.63, 3.8) is 0 Å². The number of benzene rings is 1. The zero-order valence-electron chi connectivity index (χ0n) is 15.7. The van der Waals surface area contributed by atoms with Crippen molar-refractivity contribution in [1.29, 1.82) is 0 Å². The fraction of sp³-hybridized carbons (Fsp3) is 0.474. The normalized spacial score (nSPS) is 10.2. The minimum atomic E-state index is -1.43. The van der Waals surface area contributed by atoms with Crippen LogP contribution in [0.15, 0.2) is 12.1 Å². The Hall–Kier alpha value is -2.90. The molecule has 0 atom stereocenters. The number of aromatic carboxylic acids is 1. The van der Waals surface area contributed by atoms with Gasteiger partial charge >= 0.3 is 23.9 Å². The number of esters is 3. The molecule has 0 bridgehead atoms. The van der Waals surface area contributed by atoms with Crippen LogP contribution in [0.25, 0.3) is 0 Å². The third-order valence-corrected chi connectivity index (χ3v) is 3.36. The lowest BCUT2D eigenvalue weighted by molar-refractivity contribution is 0.0453. The van der Waals surface area contributed by atoms with Gasteiger partial charge in [0.2, 0.25) is 0 Å². The number of carbonyl (C=O) groups is 4. The van der Waals surface area contributed by atoms with Crippen LogP contribution in [-0.4, -0.2) is 48.8 Å². The second kappa shape index (κ2) is 10.9. The zero-order chi connectivity index (χ0) is 20.4. The Balaban J connectivity index is 3.48. The number of rotatable bonds is 10. The number of hydrogen-bond acceptors (Lipinski definition) is 7. The van der Waals surface area contributed by atoms with E-state index >= 15 is 0 Å². The van der Waals surface area contributed by atoms with E-state index < -0.39 is 29.4 Å². The lowest BCUT2D eigenvalue weighted by atomic mass is 9.98. The van der Waals surface area contributed by atoms with E-state index in [9.17, 15) is 24.3 Å². The summed E-state index contributed by atoms with van der Waals surface area (Å²) in [7, 11) is 0. The average Bonchev–Trinajstić information content (AvgIpc) is 2.66. The molecule has 148 valence electrons. The molecule has 1 rings (SSSR count). The van der Waals surface area contributed by atoms with Crippen molar-refractivity contribution >= 4 is 23.9 Å². The van der Waals surface area contributed by atoms with E-state index in [1.807, 2.05) is 0 Å². The summed E-state index contributed by atoms with van der Waals surface area (Å²) < 4.78 is 15.0. The summed E-state index contributed by atoms with van der Waals surface area (Å²) >= 11 is 0. The van der Waals surface area contributed by atoms with E-state index in [0.717, 1.165) is 12.1 Å². The minimum absolute atomic E-state index is 0.0911. The summed E-state index contributed by atoms with van der Waals surface area (Å²) in [5, 5.41) is 9.42. The standard InChI is InChI=1S/C19H24O8/c1-4-7-25-17(22)13-11-15(19(24)27-9-6-3)14(10-12(13)16(20)21)18(23)26-8-5-2/h10-11H,4-9H2,1-3H3,(H,20,21). The van der Waals surface area contributed by atoms with Crippen LogP contribution >= 0.6 is 0 Å². The van der Waals surface area contributed by atoms with Gasteiger partial charge in [-0.05, 0) is 31.4 Å². The van der Waals surface area contributed by atoms with Gasteiger partial charge in [0.1, 0.15) is 0 Å². The summed E-state index contributed by atoms with van der Waals surface area (Å²) in [6.07, 6.45) is 1.65. The molecule has 0 heterocycles. The predicted molar refractivity (Wildman–Crippen MR) is 95.1 cm³/mol. The van der Waals surface area contributed by atoms with Crippen LogP contribution in [0, 0.1) is 0 Å². The second-order valence-electron chi connectivity index (χ2n) is 5.66. The van der Waals surface area contributed by atoms with Gasteiger partial charge in [-0.3, -0.25) is 0 Å². The molecule has 0 aliphatic rings. The van der Waals surface area contributed by atoms with Gasteiger partial charge in [-0.1, -0.05) is 20.8 Å². The molecule has 0 saturated heterocycles. The molecule has 0 aliphatic carbocycles. The Labute approximate surface area is 157 Å². The number of carboxylic acid groups (broad SMARTS) is 1. The maximum absolute atomic E-state index is 12.3. The Morgan fingerprint density at radius 1 is 0.667 bits per heavy atom. The highest BCUT2D eigenvalue weighted by Gasteiger charge is 2.27. The Kier molecular flexibility index (Phi) is 8.98. The molecule has 0 spiro atoms. The maximum Gasteiger partial charge on any atom is 0.339 e. The molecule has 0 aliphatic heterocycles. The van der Waals surface area contributed by atoms with Crippen LogP contribution < -0.4 is 0 Å². The van der Waals surface area contributed by atoms with Gasteiger partial charge in [0, 0.05) is 0 Å². The van der Waals surface area contributed by atoms with Crippen molar-refractivity contribution in [2.75, 3.05) is 19.8 Å². The van der Waals surface area contributed by atoms with Crippen molar-refractivity contribution in [3.8, 4) is 0 Å². The quantitative estimate of drug-likeness (QED) is 0.486. The van der Waals surface area contributed by atoms with E-state index in [1.54, 1.807) is 20.8 Å². The smallest absolute Gasteiger partial charge is 0.339 e. The summed E-state index contributed by atoms with van der Waals surface area (Å²) in [4.78, 5) is 48.4. The van der Waals surface area contributed by atoms with Gasteiger partial charge in [-0.2, -0.15) is 0 Å². The molecule has 0 saturated carbocycles. The molecule has 0 fully saturated rings. The maximum atomic E-state index is 12.3. The van der Waals surface area contributed by atoms with Gasteiger partial charge in [0.05, 0.1) is 42.1 Å². The fourth-order valence-corrected chi connectivity index (χ4v) is 2.10. The fourth-order valence-electron chi connectivity index (χ4n) is 2.10. The zero-order valence-corrected chi connectivity index (χ0v) is 15.7. The third-order valence-electron chi connectivity index (χ3n) is 3.36.